The van der Waals surface area contributed by atoms with E-state index in [0.717, 1.165) is 18.6 Å². The number of rotatable bonds is 3. The first-order valence-electron chi connectivity index (χ1n) is 5.95. The Bertz CT molecular complexity index is 357. The highest BCUT2D eigenvalue weighted by atomic mass is 16.3. The Labute approximate surface area is 96.8 Å². The first-order chi connectivity index (χ1) is 7.52. The molecule has 1 aromatic heterocycles. The van der Waals surface area contributed by atoms with E-state index in [-0.39, 0.29) is 18.1 Å². The van der Waals surface area contributed by atoms with Crippen LogP contribution in [0.4, 0.5) is 0 Å². The minimum atomic E-state index is 0.127. The Morgan fingerprint density at radius 3 is 3.06 bits per heavy atom. The number of hydrogen-bond acceptors (Lipinski definition) is 3. The van der Waals surface area contributed by atoms with Gasteiger partial charge in [-0.25, -0.2) is 0 Å². The van der Waals surface area contributed by atoms with Gasteiger partial charge < -0.3 is 14.8 Å². The molecule has 0 bridgehead atoms. The zero-order chi connectivity index (χ0) is 11.8. The minimum absolute atomic E-state index is 0.127. The van der Waals surface area contributed by atoms with E-state index in [0.29, 0.717) is 6.04 Å². The van der Waals surface area contributed by atoms with Gasteiger partial charge in [-0.1, -0.05) is 13.8 Å². The number of hydrogen-bond donors (Lipinski definition) is 2. The summed E-state index contributed by atoms with van der Waals surface area (Å²) in [5, 5.41) is 12.6. The van der Waals surface area contributed by atoms with Gasteiger partial charge in [0.1, 0.15) is 5.76 Å². The highest BCUT2D eigenvalue weighted by Crippen LogP contribution is 2.41. The van der Waals surface area contributed by atoms with E-state index in [1.54, 1.807) is 6.26 Å². The van der Waals surface area contributed by atoms with E-state index in [4.69, 9.17) is 9.52 Å². The largest absolute Gasteiger partial charge is 0.469 e. The van der Waals surface area contributed by atoms with Crippen molar-refractivity contribution in [3.05, 3.63) is 23.7 Å². The SMILES string of the molecule is CC(CO)NC1CC(C)(C)Cc2occc21. The Balaban J connectivity index is 2.20. The van der Waals surface area contributed by atoms with Gasteiger partial charge in [-0.3, -0.25) is 0 Å². The molecule has 2 rings (SSSR count). The van der Waals surface area contributed by atoms with E-state index >= 15 is 0 Å². The van der Waals surface area contributed by atoms with Gasteiger partial charge in [-0.15, -0.1) is 0 Å². The fourth-order valence-electron chi connectivity index (χ4n) is 2.52. The molecule has 3 heteroatoms. The van der Waals surface area contributed by atoms with Crippen molar-refractivity contribution in [2.75, 3.05) is 6.61 Å². The second kappa shape index (κ2) is 4.22. The smallest absolute Gasteiger partial charge is 0.109 e. The van der Waals surface area contributed by atoms with Gasteiger partial charge in [0.15, 0.2) is 0 Å². The van der Waals surface area contributed by atoms with Crippen LogP contribution >= 0.6 is 0 Å². The van der Waals surface area contributed by atoms with Crippen LogP contribution in [-0.2, 0) is 6.42 Å². The third kappa shape index (κ3) is 2.30. The van der Waals surface area contributed by atoms with Crippen LogP contribution in [0.3, 0.4) is 0 Å². The molecule has 1 aromatic rings. The molecule has 3 nitrogen and oxygen atoms in total. The lowest BCUT2D eigenvalue weighted by atomic mass is 9.74. The number of furan rings is 1. The molecule has 0 saturated heterocycles. The lowest BCUT2D eigenvalue weighted by Crippen LogP contribution is -2.38. The second-order valence-corrected chi connectivity index (χ2v) is 5.65. The van der Waals surface area contributed by atoms with Crippen molar-refractivity contribution < 1.29 is 9.52 Å². The summed E-state index contributed by atoms with van der Waals surface area (Å²) in [4.78, 5) is 0. The average Bonchev–Trinajstić information content (AvgIpc) is 2.63. The van der Waals surface area contributed by atoms with Gasteiger partial charge >= 0.3 is 0 Å². The third-order valence-corrected chi connectivity index (χ3v) is 3.31. The molecule has 0 amide bonds. The van der Waals surface area contributed by atoms with Crippen molar-refractivity contribution >= 4 is 0 Å². The molecule has 0 spiro atoms. The summed E-state index contributed by atoms with van der Waals surface area (Å²) in [5.41, 5.74) is 1.53. The van der Waals surface area contributed by atoms with Crippen molar-refractivity contribution in [1.82, 2.24) is 5.32 Å². The highest BCUT2D eigenvalue weighted by molar-refractivity contribution is 5.26. The van der Waals surface area contributed by atoms with Gasteiger partial charge in [-0.2, -0.15) is 0 Å². The molecule has 1 heterocycles. The lowest BCUT2D eigenvalue weighted by Gasteiger charge is -2.36. The number of nitrogens with one attached hydrogen (secondary N) is 1. The molecule has 0 aromatic carbocycles. The maximum atomic E-state index is 9.11. The predicted octanol–water partition coefficient (Wildman–Crippen LogP) is 2.26. The molecule has 2 N–H and O–H groups in total. The summed E-state index contributed by atoms with van der Waals surface area (Å²) in [6.45, 7) is 6.69. The molecule has 2 atom stereocenters. The van der Waals surface area contributed by atoms with Crippen LogP contribution in [0.5, 0.6) is 0 Å². The van der Waals surface area contributed by atoms with E-state index < -0.39 is 0 Å². The van der Waals surface area contributed by atoms with Crippen LogP contribution in [0.1, 0.15) is 44.6 Å². The van der Waals surface area contributed by atoms with Gasteiger partial charge in [0.05, 0.1) is 12.9 Å². The fraction of sp³-hybridized carbons (Fsp3) is 0.692. The Hall–Kier alpha value is -0.800. The zero-order valence-electron chi connectivity index (χ0n) is 10.3. The molecule has 90 valence electrons. The highest BCUT2D eigenvalue weighted by Gasteiger charge is 2.34. The molecule has 0 radical (unpaired) electrons. The summed E-state index contributed by atoms with van der Waals surface area (Å²) in [7, 11) is 0. The monoisotopic (exact) mass is 223 g/mol. The number of fused-ring (bicyclic) bond motifs is 1. The van der Waals surface area contributed by atoms with E-state index in [1.165, 1.54) is 5.56 Å². The van der Waals surface area contributed by atoms with Crippen LogP contribution < -0.4 is 5.32 Å². The molecule has 16 heavy (non-hydrogen) atoms. The first kappa shape index (κ1) is 11.7. The molecule has 1 aliphatic carbocycles. The summed E-state index contributed by atoms with van der Waals surface area (Å²) in [5.74, 6) is 1.10. The molecular weight excluding hydrogens is 202 g/mol. The molecule has 0 aliphatic heterocycles. The topological polar surface area (TPSA) is 45.4 Å². The summed E-state index contributed by atoms with van der Waals surface area (Å²) < 4.78 is 5.53. The van der Waals surface area contributed by atoms with Crippen LogP contribution in [0, 0.1) is 5.41 Å². The van der Waals surface area contributed by atoms with Crippen molar-refractivity contribution in [1.29, 1.82) is 0 Å². The first-order valence-corrected chi connectivity index (χ1v) is 5.95. The van der Waals surface area contributed by atoms with E-state index in [9.17, 15) is 0 Å². The fourth-order valence-corrected chi connectivity index (χ4v) is 2.52. The maximum absolute atomic E-state index is 9.11. The van der Waals surface area contributed by atoms with Crippen LogP contribution in [0.15, 0.2) is 16.7 Å². The normalized spacial score (nSPS) is 25.1. The van der Waals surface area contributed by atoms with E-state index in [2.05, 4.69) is 19.2 Å². The molecule has 2 unspecified atom stereocenters. The molecule has 0 saturated carbocycles. The van der Waals surface area contributed by atoms with Crippen LogP contribution in [0.25, 0.3) is 0 Å². The standard InChI is InChI=1S/C13H21NO2/c1-9(8-15)14-11-6-13(2,3)7-12-10(11)4-5-16-12/h4-5,9,11,14-15H,6-8H2,1-3H3. The molecule has 1 aliphatic rings. The van der Waals surface area contributed by atoms with Crippen molar-refractivity contribution in [3.63, 3.8) is 0 Å². The Morgan fingerprint density at radius 1 is 1.62 bits per heavy atom. The van der Waals surface area contributed by atoms with E-state index in [1.807, 2.05) is 13.0 Å². The predicted molar refractivity (Wildman–Crippen MR) is 63.2 cm³/mol. The quantitative estimate of drug-likeness (QED) is 0.826. The number of aliphatic hydroxyl groups excluding tert-OH is 1. The third-order valence-electron chi connectivity index (χ3n) is 3.31. The van der Waals surface area contributed by atoms with Crippen LogP contribution in [-0.4, -0.2) is 17.8 Å². The average molecular weight is 223 g/mol. The number of aliphatic hydroxyl groups is 1. The van der Waals surface area contributed by atoms with Crippen molar-refractivity contribution in [2.45, 2.75) is 45.7 Å². The van der Waals surface area contributed by atoms with Gasteiger partial charge in [0.25, 0.3) is 0 Å². The van der Waals surface area contributed by atoms with Crippen molar-refractivity contribution in [3.8, 4) is 0 Å². The molecular formula is C13H21NO2. The zero-order valence-corrected chi connectivity index (χ0v) is 10.3. The van der Waals surface area contributed by atoms with Crippen LogP contribution in [0.2, 0.25) is 0 Å². The summed E-state index contributed by atoms with van der Waals surface area (Å²) in [6, 6.07) is 2.48. The Kier molecular flexibility index (Phi) is 3.08. The minimum Gasteiger partial charge on any atom is -0.469 e. The Morgan fingerprint density at radius 2 is 2.38 bits per heavy atom. The van der Waals surface area contributed by atoms with Crippen molar-refractivity contribution in [2.24, 2.45) is 5.41 Å². The van der Waals surface area contributed by atoms with Gasteiger partial charge in [0, 0.05) is 24.1 Å². The molecule has 0 fully saturated rings. The maximum Gasteiger partial charge on any atom is 0.109 e. The summed E-state index contributed by atoms with van der Waals surface area (Å²) in [6.07, 6.45) is 3.86. The van der Waals surface area contributed by atoms with Gasteiger partial charge in [0.2, 0.25) is 0 Å². The summed E-state index contributed by atoms with van der Waals surface area (Å²) >= 11 is 0. The second-order valence-electron chi connectivity index (χ2n) is 5.65. The lowest BCUT2D eigenvalue weighted by molar-refractivity contribution is 0.196. The van der Waals surface area contributed by atoms with Gasteiger partial charge in [-0.05, 0) is 24.8 Å².